The van der Waals surface area contributed by atoms with Crippen LogP contribution in [-0.2, 0) is 0 Å². The van der Waals surface area contributed by atoms with Crippen molar-refractivity contribution in [3.63, 3.8) is 0 Å². The Bertz CT molecular complexity index is 401. The van der Waals surface area contributed by atoms with Crippen LogP contribution in [0, 0.1) is 4.91 Å². The number of nitroso groups, excluding NO2 is 1. The highest BCUT2D eigenvalue weighted by Gasteiger charge is 2.19. The number of benzene rings is 1. The van der Waals surface area contributed by atoms with Gasteiger partial charge < -0.3 is 0 Å². The Balaban J connectivity index is 2.35. The maximum absolute atomic E-state index is 11.0. The lowest BCUT2D eigenvalue weighted by atomic mass is 10.1. The molecule has 1 heterocycles. The largest absolute Gasteiger partial charge is 0.228 e. The molecule has 0 unspecified atom stereocenters. The number of halogens is 1. The van der Waals surface area contributed by atoms with Gasteiger partial charge in [-0.15, -0.1) is 0 Å². The summed E-state index contributed by atoms with van der Waals surface area (Å²) in [6.45, 7) is 0.490. The second kappa shape index (κ2) is 3.88. The van der Waals surface area contributed by atoms with Crippen LogP contribution in [0.15, 0.2) is 29.4 Å². The topological polar surface area (TPSA) is 32.4 Å². The minimum absolute atomic E-state index is 0.490. The van der Waals surface area contributed by atoms with Crippen LogP contribution in [0.2, 0.25) is 5.02 Å². The van der Waals surface area contributed by atoms with Crippen LogP contribution in [-0.4, -0.2) is 17.1 Å². The lowest BCUT2D eigenvalue weighted by Crippen LogP contribution is -2.16. The van der Waals surface area contributed by atoms with E-state index in [-0.39, 0.29) is 0 Å². The van der Waals surface area contributed by atoms with Gasteiger partial charge in [0.15, 0.2) is 0 Å². The second-order valence-electron chi connectivity index (χ2n) is 3.24. The highest BCUT2D eigenvalue weighted by atomic mass is 35.5. The van der Waals surface area contributed by atoms with Crippen molar-refractivity contribution in [1.29, 1.82) is 0 Å². The van der Waals surface area contributed by atoms with Crippen molar-refractivity contribution >= 4 is 17.3 Å². The lowest BCUT2D eigenvalue weighted by molar-refractivity contribution is -0.557. The molecular weight excluding hydrogens is 200 g/mol. The molecule has 1 aromatic carbocycles. The molecule has 0 spiro atoms. The van der Waals surface area contributed by atoms with Crippen LogP contribution < -0.4 is 0 Å². The molecule has 1 aromatic rings. The molecular formula is C10H10ClN2O+. The van der Waals surface area contributed by atoms with Gasteiger partial charge in [0.25, 0.3) is 0 Å². The highest BCUT2D eigenvalue weighted by molar-refractivity contribution is 6.31. The van der Waals surface area contributed by atoms with E-state index in [9.17, 15) is 4.91 Å². The van der Waals surface area contributed by atoms with Crippen LogP contribution in [0.1, 0.15) is 18.4 Å². The molecule has 72 valence electrons. The minimum Gasteiger partial charge on any atom is -0.0843 e. The fourth-order valence-corrected chi connectivity index (χ4v) is 1.68. The lowest BCUT2D eigenvalue weighted by Gasteiger charge is -2.05. The summed E-state index contributed by atoms with van der Waals surface area (Å²) < 4.78 is 0. The van der Waals surface area contributed by atoms with Gasteiger partial charge >= 0.3 is 0 Å². The first-order valence-corrected chi connectivity index (χ1v) is 4.91. The number of hydrazone groups is 1. The molecule has 0 aliphatic carbocycles. The molecule has 1 aliphatic heterocycles. The molecule has 3 nitrogen and oxygen atoms in total. The molecule has 0 radical (unpaired) electrons. The Kier molecular flexibility index (Phi) is 2.59. The Morgan fingerprint density at radius 3 is 3.00 bits per heavy atom. The zero-order chi connectivity index (χ0) is 9.97. The van der Waals surface area contributed by atoms with E-state index in [1.807, 2.05) is 24.3 Å². The summed E-state index contributed by atoms with van der Waals surface area (Å²) in [5, 5.41) is 4.60. The fraction of sp³-hybridized carbons (Fsp3) is 0.300. The maximum atomic E-state index is 11.0. The highest BCUT2D eigenvalue weighted by Crippen LogP contribution is 2.15. The molecule has 4 heteroatoms. The maximum Gasteiger partial charge on any atom is 0.228 e. The molecule has 0 saturated carbocycles. The molecule has 1 aliphatic rings. The van der Waals surface area contributed by atoms with Crippen LogP contribution >= 0.6 is 11.6 Å². The van der Waals surface area contributed by atoms with Crippen LogP contribution in [0.5, 0.6) is 0 Å². The van der Waals surface area contributed by atoms with E-state index in [1.54, 1.807) is 0 Å². The van der Waals surface area contributed by atoms with E-state index < -0.39 is 0 Å². The van der Waals surface area contributed by atoms with E-state index in [1.165, 1.54) is 0 Å². The van der Waals surface area contributed by atoms with E-state index in [2.05, 4.69) is 5.10 Å². The normalized spacial score (nSPS) is 16.6. The van der Waals surface area contributed by atoms with Crippen LogP contribution in [0.3, 0.4) is 0 Å². The summed E-state index contributed by atoms with van der Waals surface area (Å²) in [6.07, 6.45) is 1.70. The van der Waals surface area contributed by atoms with Gasteiger partial charge in [0.1, 0.15) is 10.6 Å². The third kappa shape index (κ3) is 1.99. The summed E-state index contributed by atoms with van der Waals surface area (Å²) >= 11 is 5.85. The first-order valence-electron chi connectivity index (χ1n) is 4.54. The fourth-order valence-electron chi connectivity index (χ4n) is 1.49. The molecule has 0 N–H and O–H groups in total. The summed E-state index contributed by atoms with van der Waals surface area (Å²) in [5.74, 6) is 0. The Labute approximate surface area is 87.0 Å². The summed E-state index contributed by atoms with van der Waals surface area (Å²) in [4.78, 5) is 11.8. The van der Waals surface area contributed by atoms with E-state index in [0.717, 1.165) is 29.0 Å². The van der Waals surface area contributed by atoms with Gasteiger partial charge in [-0.05, 0) is 12.1 Å². The first-order chi connectivity index (χ1) is 6.75. The monoisotopic (exact) mass is 209 g/mol. The predicted octanol–water partition coefficient (Wildman–Crippen LogP) is 2.62. The molecule has 0 amide bonds. The van der Waals surface area contributed by atoms with E-state index >= 15 is 0 Å². The molecule has 14 heavy (non-hydrogen) atoms. The van der Waals surface area contributed by atoms with Gasteiger partial charge in [0.2, 0.25) is 6.54 Å². The predicted molar refractivity (Wildman–Crippen MR) is 55.7 cm³/mol. The van der Waals surface area contributed by atoms with E-state index in [0.29, 0.717) is 11.6 Å². The van der Waals surface area contributed by atoms with Crippen molar-refractivity contribution in [2.75, 3.05) is 6.54 Å². The smallest absolute Gasteiger partial charge is 0.0843 e. The molecule has 0 bridgehead atoms. The number of hydrogen-bond donors (Lipinski definition) is 0. The van der Waals surface area contributed by atoms with Gasteiger partial charge in [-0.2, -0.15) is 0 Å². The van der Waals surface area contributed by atoms with Crippen LogP contribution in [0.4, 0.5) is 0 Å². The molecule has 2 rings (SSSR count). The van der Waals surface area contributed by atoms with Gasteiger partial charge in [0, 0.05) is 28.5 Å². The van der Waals surface area contributed by atoms with Crippen molar-refractivity contribution in [3.05, 3.63) is 39.8 Å². The third-order valence-electron chi connectivity index (χ3n) is 2.15. The standard InChI is InChI=1S/C10H10ClN2O/c11-9-4-1-3-8(7-9)10-5-2-6-13(14)12-10/h1,3-4,7H,2,5-6H2/q+1. The Morgan fingerprint density at radius 1 is 1.43 bits per heavy atom. The average molecular weight is 210 g/mol. The molecule has 0 fully saturated rings. The Hall–Kier alpha value is -1.22. The van der Waals surface area contributed by atoms with Crippen LogP contribution in [0.25, 0.3) is 0 Å². The minimum atomic E-state index is 0.490. The summed E-state index contributed by atoms with van der Waals surface area (Å²) in [5.41, 5.74) is 1.77. The van der Waals surface area contributed by atoms with Crippen molar-refractivity contribution in [2.24, 2.45) is 5.10 Å². The number of nitrogens with zero attached hydrogens (tertiary/aromatic N) is 2. The molecule has 0 saturated heterocycles. The zero-order valence-corrected chi connectivity index (χ0v) is 8.37. The number of hydrogen-bond acceptors (Lipinski definition) is 1. The van der Waals surface area contributed by atoms with Gasteiger partial charge in [-0.1, -0.05) is 23.7 Å². The third-order valence-corrected chi connectivity index (χ3v) is 2.39. The quantitative estimate of drug-likeness (QED) is 0.655. The molecule has 0 atom stereocenters. The van der Waals surface area contributed by atoms with Gasteiger partial charge in [-0.3, -0.25) is 0 Å². The zero-order valence-electron chi connectivity index (χ0n) is 7.61. The van der Waals surface area contributed by atoms with Crippen molar-refractivity contribution in [1.82, 2.24) is 0 Å². The molecule has 0 aromatic heterocycles. The van der Waals surface area contributed by atoms with Crippen molar-refractivity contribution < 1.29 is 4.87 Å². The Morgan fingerprint density at radius 2 is 2.29 bits per heavy atom. The van der Waals surface area contributed by atoms with E-state index in [4.69, 9.17) is 11.6 Å². The van der Waals surface area contributed by atoms with Gasteiger partial charge in [0.05, 0.1) is 4.91 Å². The average Bonchev–Trinajstić information content (AvgIpc) is 2.18. The number of rotatable bonds is 1. The SMILES string of the molecule is O=[N+]1CCCC(c2cccc(Cl)c2)=N1. The first kappa shape index (κ1) is 9.34. The van der Waals surface area contributed by atoms with Crippen molar-refractivity contribution in [3.8, 4) is 0 Å². The van der Waals surface area contributed by atoms with Crippen molar-refractivity contribution in [2.45, 2.75) is 12.8 Å². The van der Waals surface area contributed by atoms with Gasteiger partial charge in [-0.25, -0.2) is 0 Å². The summed E-state index contributed by atoms with van der Waals surface area (Å²) in [6, 6.07) is 7.43. The summed E-state index contributed by atoms with van der Waals surface area (Å²) in [7, 11) is 0. The second-order valence-corrected chi connectivity index (χ2v) is 3.67.